The summed E-state index contributed by atoms with van der Waals surface area (Å²) in [6.45, 7) is 1.87. The molecule has 0 unspecified atom stereocenters. The number of sulfonamides is 1. The third-order valence-corrected chi connectivity index (χ3v) is 4.89. The SMILES string of the molecule is Cc1cccc(NS(=O)(=O)c2ccc(-c3[nH]ncc3C(=O)N(C)C)o2)c1. The summed E-state index contributed by atoms with van der Waals surface area (Å²) in [7, 11) is -0.668. The van der Waals surface area contributed by atoms with Gasteiger partial charge in [-0.05, 0) is 36.8 Å². The Balaban J connectivity index is 1.91. The van der Waals surface area contributed by atoms with Gasteiger partial charge in [0.05, 0.1) is 11.8 Å². The van der Waals surface area contributed by atoms with Crippen molar-refractivity contribution < 1.29 is 17.6 Å². The van der Waals surface area contributed by atoms with E-state index in [2.05, 4.69) is 14.9 Å². The minimum atomic E-state index is -3.90. The molecular weight excluding hydrogens is 356 g/mol. The Labute approximate surface area is 150 Å². The molecule has 26 heavy (non-hydrogen) atoms. The first-order chi connectivity index (χ1) is 12.3. The molecule has 1 aromatic carbocycles. The van der Waals surface area contributed by atoms with E-state index in [4.69, 9.17) is 4.42 Å². The molecule has 0 radical (unpaired) electrons. The van der Waals surface area contributed by atoms with Gasteiger partial charge in [0, 0.05) is 19.8 Å². The van der Waals surface area contributed by atoms with Crippen molar-refractivity contribution in [2.75, 3.05) is 18.8 Å². The highest BCUT2D eigenvalue weighted by Crippen LogP contribution is 2.27. The molecule has 0 aliphatic rings. The van der Waals surface area contributed by atoms with E-state index in [1.54, 1.807) is 32.3 Å². The predicted molar refractivity (Wildman–Crippen MR) is 96.3 cm³/mol. The van der Waals surface area contributed by atoms with E-state index in [0.29, 0.717) is 16.9 Å². The quantitative estimate of drug-likeness (QED) is 0.713. The molecule has 2 aromatic heterocycles. The molecule has 3 rings (SSSR count). The van der Waals surface area contributed by atoms with Gasteiger partial charge in [0.25, 0.3) is 15.9 Å². The van der Waals surface area contributed by atoms with Crippen molar-refractivity contribution in [1.82, 2.24) is 15.1 Å². The van der Waals surface area contributed by atoms with Gasteiger partial charge in [-0.25, -0.2) is 0 Å². The van der Waals surface area contributed by atoms with E-state index < -0.39 is 10.0 Å². The van der Waals surface area contributed by atoms with Gasteiger partial charge >= 0.3 is 0 Å². The number of nitrogens with one attached hydrogen (secondary N) is 2. The largest absolute Gasteiger partial charge is 0.441 e. The van der Waals surface area contributed by atoms with Crippen molar-refractivity contribution in [1.29, 1.82) is 0 Å². The summed E-state index contributed by atoms with van der Waals surface area (Å²) in [4.78, 5) is 13.6. The molecule has 3 aromatic rings. The lowest BCUT2D eigenvalue weighted by Gasteiger charge is -2.09. The maximum absolute atomic E-state index is 12.5. The zero-order valence-electron chi connectivity index (χ0n) is 14.5. The fourth-order valence-corrected chi connectivity index (χ4v) is 3.37. The Morgan fingerprint density at radius 2 is 2.00 bits per heavy atom. The summed E-state index contributed by atoms with van der Waals surface area (Å²) in [5.41, 5.74) is 1.98. The molecular formula is C17H18N4O4S. The summed E-state index contributed by atoms with van der Waals surface area (Å²) in [6.07, 6.45) is 1.37. The highest BCUT2D eigenvalue weighted by molar-refractivity contribution is 7.92. The van der Waals surface area contributed by atoms with Crippen LogP contribution in [-0.4, -0.2) is 43.5 Å². The zero-order chi connectivity index (χ0) is 18.9. The lowest BCUT2D eigenvalue weighted by Crippen LogP contribution is -2.21. The second-order valence-electron chi connectivity index (χ2n) is 5.95. The van der Waals surface area contributed by atoms with Gasteiger partial charge in [-0.15, -0.1) is 0 Å². The maximum atomic E-state index is 12.5. The number of aryl methyl sites for hydroxylation is 1. The van der Waals surface area contributed by atoms with Crippen LogP contribution in [0.25, 0.3) is 11.5 Å². The normalized spacial score (nSPS) is 11.3. The van der Waals surface area contributed by atoms with Gasteiger partial charge in [0.15, 0.2) is 5.76 Å². The van der Waals surface area contributed by atoms with Gasteiger partial charge in [-0.3, -0.25) is 14.6 Å². The van der Waals surface area contributed by atoms with Crippen LogP contribution in [0.5, 0.6) is 0 Å². The molecule has 9 heteroatoms. The molecule has 0 fully saturated rings. The third-order valence-electron chi connectivity index (χ3n) is 3.64. The predicted octanol–water partition coefficient (Wildman–Crippen LogP) is 2.48. The number of rotatable bonds is 5. The number of H-pyrrole nitrogens is 1. The van der Waals surface area contributed by atoms with Crippen LogP contribution in [0, 0.1) is 6.92 Å². The first-order valence-electron chi connectivity index (χ1n) is 7.72. The van der Waals surface area contributed by atoms with Gasteiger partial charge in [0.1, 0.15) is 5.69 Å². The lowest BCUT2D eigenvalue weighted by atomic mass is 10.2. The number of nitrogens with zero attached hydrogens (tertiary/aromatic N) is 2. The number of anilines is 1. The van der Waals surface area contributed by atoms with Crippen LogP contribution < -0.4 is 4.72 Å². The number of amides is 1. The number of hydrogen-bond acceptors (Lipinski definition) is 5. The minimum Gasteiger partial charge on any atom is -0.441 e. The van der Waals surface area contributed by atoms with E-state index in [-0.39, 0.29) is 16.8 Å². The molecule has 0 atom stereocenters. The Kier molecular flexibility index (Phi) is 4.56. The van der Waals surface area contributed by atoms with Crippen LogP contribution in [-0.2, 0) is 10.0 Å². The van der Waals surface area contributed by atoms with Gasteiger partial charge < -0.3 is 9.32 Å². The maximum Gasteiger partial charge on any atom is 0.295 e. The highest BCUT2D eigenvalue weighted by atomic mass is 32.2. The summed E-state index contributed by atoms with van der Waals surface area (Å²) < 4.78 is 33.0. The van der Waals surface area contributed by atoms with Crippen molar-refractivity contribution in [2.45, 2.75) is 12.0 Å². The first kappa shape index (κ1) is 17.7. The van der Waals surface area contributed by atoms with Gasteiger partial charge in [0.2, 0.25) is 5.09 Å². The second kappa shape index (κ2) is 6.68. The van der Waals surface area contributed by atoms with Gasteiger partial charge in [-0.2, -0.15) is 13.5 Å². The second-order valence-corrected chi connectivity index (χ2v) is 7.57. The smallest absolute Gasteiger partial charge is 0.295 e. The molecule has 1 amide bonds. The molecule has 0 aliphatic heterocycles. The number of benzene rings is 1. The number of carbonyl (C=O) groups excluding carboxylic acids is 1. The van der Waals surface area contributed by atoms with E-state index >= 15 is 0 Å². The van der Waals surface area contributed by atoms with E-state index in [1.807, 2.05) is 13.0 Å². The Hall–Kier alpha value is -3.07. The van der Waals surface area contributed by atoms with Crippen molar-refractivity contribution >= 4 is 21.6 Å². The summed E-state index contributed by atoms with van der Waals surface area (Å²) >= 11 is 0. The molecule has 8 nitrogen and oxygen atoms in total. The Morgan fingerprint density at radius 1 is 1.23 bits per heavy atom. The number of hydrogen-bond donors (Lipinski definition) is 2. The molecule has 136 valence electrons. The van der Waals surface area contributed by atoms with E-state index in [9.17, 15) is 13.2 Å². The van der Waals surface area contributed by atoms with Gasteiger partial charge in [-0.1, -0.05) is 12.1 Å². The van der Waals surface area contributed by atoms with Crippen LogP contribution in [0.1, 0.15) is 15.9 Å². The van der Waals surface area contributed by atoms with E-state index in [0.717, 1.165) is 5.56 Å². The van der Waals surface area contributed by atoms with Crippen molar-refractivity contribution in [2.24, 2.45) is 0 Å². The van der Waals surface area contributed by atoms with E-state index in [1.165, 1.54) is 23.2 Å². The van der Waals surface area contributed by atoms with Crippen molar-refractivity contribution in [3.8, 4) is 11.5 Å². The average Bonchev–Trinajstić information content (AvgIpc) is 3.23. The minimum absolute atomic E-state index is 0.206. The zero-order valence-corrected chi connectivity index (χ0v) is 15.3. The fraction of sp³-hybridized carbons (Fsp3) is 0.176. The molecule has 0 aliphatic carbocycles. The Bertz CT molecular complexity index is 1050. The first-order valence-corrected chi connectivity index (χ1v) is 9.21. The molecule has 0 saturated carbocycles. The van der Waals surface area contributed by atoms with Crippen LogP contribution in [0.15, 0.2) is 52.1 Å². The monoisotopic (exact) mass is 374 g/mol. The summed E-state index contributed by atoms with van der Waals surface area (Å²) in [6, 6.07) is 9.79. The molecule has 2 N–H and O–H groups in total. The molecule has 0 saturated heterocycles. The number of furan rings is 1. The number of carbonyl (C=O) groups is 1. The summed E-state index contributed by atoms with van der Waals surface area (Å²) in [5, 5.41) is 6.27. The average molecular weight is 374 g/mol. The molecule has 2 heterocycles. The standard InChI is InChI=1S/C17H18N4O4S/c1-11-5-4-6-12(9-11)20-26(23,24)15-8-7-14(25-15)16-13(10-18-19-16)17(22)21(2)3/h4-10,20H,1-3H3,(H,18,19). The van der Waals surface area contributed by atoms with Crippen LogP contribution in [0.4, 0.5) is 5.69 Å². The van der Waals surface area contributed by atoms with Crippen LogP contribution >= 0.6 is 0 Å². The fourth-order valence-electron chi connectivity index (χ4n) is 2.39. The molecule has 0 spiro atoms. The van der Waals surface area contributed by atoms with Crippen molar-refractivity contribution in [3.63, 3.8) is 0 Å². The number of aromatic amines is 1. The third kappa shape index (κ3) is 3.47. The lowest BCUT2D eigenvalue weighted by molar-refractivity contribution is 0.0828. The van der Waals surface area contributed by atoms with Crippen LogP contribution in [0.2, 0.25) is 0 Å². The van der Waals surface area contributed by atoms with Crippen molar-refractivity contribution in [3.05, 3.63) is 53.7 Å². The highest BCUT2D eigenvalue weighted by Gasteiger charge is 2.23. The Morgan fingerprint density at radius 3 is 2.69 bits per heavy atom. The topological polar surface area (TPSA) is 108 Å². The summed E-state index contributed by atoms with van der Waals surface area (Å²) in [5.74, 6) is -0.0650. The van der Waals surface area contributed by atoms with Crippen LogP contribution in [0.3, 0.4) is 0 Å². The molecule has 0 bridgehead atoms. The number of aromatic nitrogens is 2.